The van der Waals surface area contributed by atoms with E-state index in [0.717, 1.165) is 5.56 Å². The molecule has 0 unspecified atom stereocenters. The van der Waals surface area contributed by atoms with Gasteiger partial charge in [-0.15, -0.1) is 0 Å². The van der Waals surface area contributed by atoms with Gasteiger partial charge in [-0.2, -0.15) is 0 Å². The van der Waals surface area contributed by atoms with Crippen molar-refractivity contribution >= 4 is 5.84 Å². The molecular weight excluding hydrogens is 231 g/mol. The van der Waals surface area contributed by atoms with Crippen molar-refractivity contribution in [3.05, 3.63) is 59.4 Å². The predicted molar refractivity (Wildman–Crippen MR) is 68.7 cm³/mol. The van der Waals surface area contributed by atoms with Crippen molar-refractivity contribution in [3.63, 3.8) is 0 Å². The maximum atomic E-state index is 13.1. The van der Waals surface area contributed by atoms with Crippen molar-refractivity contribution in [2.45, 2.75) is 6.92 Å². The lowest BCUT2D eigenvalue weighted by atomic mass is 10.1. The van der Waals surface area contributed by atoms with Gasteiger partial charge < -0.3 is 10.5 Å². The van der Waals surface area contributed by atoms with Crippen LogP contribution in [-0.4, -0.2) is 5.84 Å². The summed E-state index contributed by atoms with van der Waals surface area (Å²) < 4.78 is 18.6. The summed E-state index contributed by atoms with van der Waals surface area (Å²) in [6.45, 7) is 1.91. The molecule has 0 aliphatic heterocycles. The Morgan fingerprint density at radius 2 is 2.00 bits per heavy atom. The molecule has 0 fully saturated rings. The molecular formula is C14H13FN2O. The minimum Gasteiger partial charge on any atom is -0.456 e. The highest BCUT2D eigenvalue weighted by Crippen LogP contribution is 2.26. The Morgan fingerprint density at radius 3 is 2.67 bits per heavy atom. The van der Waals surface area contributed by atoms with Crippen molar-refractivity contribution < 1.29 is 9.13 Å². The zero-order valence-electron chi connectivity index (χ0n) is 9.91. The number of amidine groups is 1. The highest BCUT2D eigenvalue weighted by Gasteiger charge is 2.08. The average molecular weight is 244 g/mol. The van der Waals surface area contributed by atoms with E-state index < -0.39 is 0 Å². The Balaban J connectivity index is 2.39. The maximum Gasteiger partial charge on any atom is 0.138 e. The predicted octanol–water partition coefficient (Wildman–Crippen LogP) is 3.21. The van der Waals surface area contributed by atoms with Crippen molar-refractivity contribution in [2.75, 3.05) is 0 Å². The van der Waals surface area contributed by atoms with Crippen LogP contribution in [-0.2, 0) is 0 Å². The highest BCUT2D eigenvalue weighted by atomic mass is 19.1. The number of halogens is 1. The fourth-order valence-corrected chi connectivity index (χ4v) is 1.59. The first-order valence-electron chi connectivity index (χ1n) is 5.45. The lowest BCUT2D eigenvalue weighted by Crippen LogP contribution is -2.12. The number of hydrogen-bond acceptors (Lipinski definition) is 2. The molecule has 2 rings (SSSR count). The van der Waals surface area contributed by atoms with Crippen LogP contribution in [0, 0.1) is 18.2 Å². The summed E-state index contributed by atoms with van der Waals surface area (Å²) in [4.78, 5) is 0. The van der Waals surface area contributed by atoms with E-state index in [0.29, 0.717) is 17.1 Å². The van der Waals surface area contributed by atoms with E-state index in [4.69, 9.17) is 15.9 Å². The first-order chi connectivity index (χ1) is 8.56. The van der Waals surface area contributed by atoms with Crippen LogP contribution >= 0.6 is 0 Å². The number of nitrogen functional groups attached to an aromatic ring is 1. The number of benzene rings is 2. The molecule has 0 saturated heterocycles. The fraction of sp³-hybridized carbons (Fsp3) is 0.0714. The van der Waals surface area contributed by atoms with Gasteiger partial charge in [0.1, 0.15) is 23.2 Å². The second-order valence-corrected chi connectivity index (χ2v) is 3.97. The second-order valence-electron chi connectivity index (χ2n) is 3.97. The number of ether oxygens (including phenoxy) is 1. The number of nitrogens with one attached hydrogen (secondary N) is 1. The van der Waals surface area contributed by atoms with Gasteiger partial charge in [0.25, 0.3) is 0 Å². The molecule has 2 aromatic carbocycles. The van der Waals surface area contributed by atoms with Crippen LogP contribution < -0.4 is 10.5 Å². The molecule has 18 heavy (non-hydrogen) atoms. The van der Waals surface area contributed by atoms with E-state index in [1.807, 2.05) is 13.0 Å². The Bertz CT molecular complexity index is 596. The van der Waals surface area contributed by atoms with E-state index in [9.17, 15) is 4.39 Å². The number of aryl methyl sites for hydroxylation is 1. The van der Waals surface area contributed by atoms with E-state index in [1.165, 1.54) is 12.1 Å². The van der Waals surface area contributed by atoms with E-state index in [2.05, 4.69) is 0 Å². The van der Waals surface area contributed by atoms with Crippen LogP contribution in [0.25, 0.3) is 0 Å². The average Bonchev–Trinajstić information content (AvgIpc) is 2.28. The third-order valence-corrected chi connectivity index (χ3v) is 2.45. The van der Waals surface area contributed by atoms with Gasteiger partial charge in [-0.05, 0) is 36.8 Å². The molecule has 0 atom stereocenters. The van der Waals surface area contributed by atoms with Gasteiger partial charge in [-0.1, -0.05) is 12.1 Å². The molecule has 3 nitrogen and oxygen atoms in total. The van der Waals surface area contributed by atoms with Crippen LogP contribution in [0.4, 0.5) is 4.39 Å². The monoisotopic (exact) mass is 244 g/mol. The largest absolute Gasteiger partial charge is 0.456 e. The van der Waals surface area contributed by atoms with Crippen molar-refractivity contribution in [3.8, 4) is 11.5 Å². The van der Waals surface area contributed by atoms with E-state index in [1.54, 1.807) is 24.3 Å². The van der Waals surface area contributed by atoms with Gasteiger partial charge in [0.05, 0.1) is 5.56 Å². The molecule has 0 radical (unpaired) electrons. The first-order valence-corrected chi connectivity index (χ1v) is 5.45. The molecule has 0 bridgehead atoms. The number of rotatable bonds is 3. The Hall–Kier alpha value is -2.36. The Morgan fingerprint density at radius 1 is 1.22 bits per heavy atom. The highest BCUT2D eigenvalue weighted by molar-refractivity contribution is 5.97. The van der Waals surface area contributed by atoms with Crippen LogP contribution in [0.3, 0.4) is 0 Å². The minimum absolute atomic E-state index is 0.0820. The molecule has 2 aromatic rings. The summed E-state index contributed by atoms with van der Waals surface area (Å²) in [5.74, 6) is 0.377. The molecule has 0 spiro atoms. The normalized spacial score (nSPS) is 10.1. The topological polar surface area (TPSA) is 59.1 Å². The zero-order valence-corrected chi connectivity index (χ0v) is 9.91. The first kappa shape index (κ1) is 12.1. The van der Waals surface area contributed by atoms with Gasteiger partial charge in [-0.25, -0.2) is 4.39 Å². The molecule has 3 N–H and O–H groups in total. The summed E-state index contributed by atoms with van der Waals surface area (Å²) in [6, 6.07) is 11.2. The molecule has 0 amide bonds. The third kappa shape index (κ3) is 2.66. The SMILES string of the molecule is Cc1ccc(C(=N)N)c(Oc2cccc(F)c2)c1. The van der Waals surface area contributed by atoms with E-state index in [-0.39, 0.29) is 11.7 Å². The van der Waals surface area contributed by atoms with Crippen LogP contribution in [0.5, 0.6) is 11.5 Å². The standard InChI is InChI=1S/C14H13FN2O/c1-9-5-6-12(14(16)17)13(7-9)18-11-4-2-3-10(15)8-11/h2-8H,1H3,(H3,16,17). The molecule has 92 valence electrons. The molecule has 0 aliphatic rings. The lowest BCUT2D eigenvalue weighted by molar-refractivity contribution is 0.475. The third-order valence-electron chi connectivity index (χ3n) is 2.45. The maximum absolute atomic E-state index is 13.1. The van der Waals surface area contributed by atoms with Crippen molar-refractivity contribution in [2.24, 2.45) is 5.73 Å². The summed E-state index contributed by atoms with van der Waals surface area (Å²) in [5.41, 5.74) is 6.95. The van der Waals surface area contributed by atoms with Crippen LogP contribution in [0.2, 0.25) is 0 Å². The minimum atomic E-state index is -0.371. The van der Waals surface area contributed by atoms with Gasteiger partial charge in [0.2, 0.25) is 0 Å². The van der Waals surface area contributed by atoms with Crippen molar-refractivity contribution in [1.29, 1.82) is 5.41 Å². The summed E-state index contributed by atoms with van der Waals surface area (Å²) >= 11 is 0. The Labute approximate surface area is 105 Å². The molecule has 0 aliphatic carbocycles. The zero-order chi connectivity index (χ0) is 13.1. The Kier molecular flexibility index (Phi) is 3.28. The van der Waals surface area contributed by atoms with Gasteiger partial charge in [0, 0.05) is 6.07 Å². The smallest absolute Gasteiger partial charge is 0.138 e. The summed E-state index contributed by atoms with van der Waals surface area (Å²) in [5, 5.41) is 7.48. The molecule has 4 heteroatoms. The number of hydrogen-bond donors (Lipinski definition) is 2. The summed E-state index contributed by atoms with van der Waals surface area (Å²) in [7, 11) is 0. The quantitative estimate of drug-likeness (QED) is 0.643. The molecule has 0 saturated carbocycles. The second kappa shape index (κ2) is 4.87. The fourth-order valence-electron chi connectivity index (χ4n) is 1.59. The van der Waals surface area contributed by atoms with Gasteiger partial charge in [0.15, 0.2) is 0 Å². The molecule has 0 heterocycles. The van der Waals surface area contributed by atoms with Gasteiger partial charge >= 0.3 is 0 Å². The van der Waals surface area contributed by atoms with Crippen LogP contribution in [0.1, 0.15) is 11.1 Å². The van der Waals surface area contributed by atoms with Crippen molar-refractivity contribution in [1.82, 2.24) is 0 Å². The van der Waals surface area contributed by atoms with Gasteiger partial charge in [-0.3, -0.25) is 5.41 Å². The lowest BCUT2D eigenvalue weighted by Gasteiger charge is -2.11. The number of nitrogens with two attached hydrogens (primary N) is 1. The van der Waals surface area contributed by atoms with Crippen LogP contribution in [0.15, 0.2) is 42.5 Å². The van der Waals surface area contributed by atoms with E-state index >= 15 is 0 Å². The summed E-state index contributed by atoms with van der Waals surface area (Å²) in [6.07, 6.45) is 0. The molecule has 0 aromatic heterocycles.